The van der Waals surface area contributed by atoms with Crippen molar-refractivity contribution >= 4 is 11.9 Å². The highest BCUT2D eigenvalue weighted by molar-refractivity contribution is 5.78. The second kappa shape index (κ2) is 9.52. The molecule has 0 bridgehead atoms. The van der Waals surface area contributed by atoms with Crippen molar-refractivity contribution in [3.05, 3.63) is 0 Å². The Balaban J connectivity index is 2.16. The summed E-state index contributed by atoms with van der Waals surface area (Å²) in [5.41, 5.74) is 0. The Morgan fingerprint density at radius 2 is 1.07 bits per heavy atom. The molecule has 8 heteroatoms. The minimum Gasteiger partial charge on any atom is -0.464 e. The molecule has 2 rings (SSSR count). The number of unbranched alkanes of at least 4 members (excludes halogenated alkanes) is 2. The molecule has 2 fully saturated rings. The molecular weight excluding hydrogens is 368 g/mol. The molecule has 8 nitrogen and oxygen atoms in total. The molecule has 0 amide bonds. The monoisotopic (exact) mass is 402 g/mol. The Morgan fingerprint density at radius 3 is 1.39 bits per heavy atom. The van der Waals surface area contributed by atoms with E-state index in [1.165, 1.54) is 0 Å². The van der Waals surface area contributed by atoms with Gasteiger partial charge in [0.1, 0.15) is 12.2 Å². The van der Waals surface area contributed by atoms with Crippen LogP contribution in [0.2, 0.25) is 0 Å². The molecule has 2 unspecified atom stereocenters. The Hall–Kier alpha value is -1.22. The van der Waals surface area contributed by atoms with Crippen LogP contribution < -0.4 is 0 Å². The van der Waals surface area contributed by atoms with E-state index in [2.05, 4.69) is 0 Å². The van der Waals surface area contributed by atoms with Crippen LogP contribution in [-0.2, 0) is 38.0 Å². The lowest BCUT2D eigenvalue weighted by Gasteiger charge is -2.24. The molecule has 0 aromatic rings. The average molecular weight is 402 g/mol. The van der Waals surface area contributed by atoms with Crippen LogP contribution in [0.15, 0.2) is 0 Å². The highest BCUT2D eigenvalue weighted by Gasteiger charge is 2.58. The van der Waals surface area contributed by atoms with E-state index in [9.17, 15) is 9.59 Å². The third-order valence-electron chi connectivity index (χ3n) is 4.53. The van der Waals surface area contributed by atoms with Crippen molar-refractivity contribution < 1.29 is 38.0 Å². The first-order chi connectivity index (χ1) is 13.1. The zero-order chi connectivity index (χ0) is 20.9. The number of esters is 2. The van der Waals surface area contributed by atoms with Gasteiger partial charge in [-0.05, 0) is 40.5 Å². The predicted molar refractivity (Wildman–Crippen MR) is 99.4 cm³/mol. The van der Waals surface area contributed by atoms with Crippen LogP contribution in [0.4, 0.5) is 0 Å². The molecule has 2 heterocycles. The van der Waals surface area contributed by atoms with Crippen molar-refractivity contribution in [1.82, 2.24) is 0 Å². The normalized spacial score (nSPS) is 30.9. The van der Waals surface area contributed by atoms with Crippen LogP contribution >= 0.6 is 0 Å². The number of hydrogen-bond donors (Lipinski definition) is 0. The predicted octanol–water partition coefficient (Wildman–Crippen LogP) is 2.71. The Morgan fingerprint density at radius 1 is 0.714 bits per heavy atom. The van der Waals surface area contributed by atoms with Crippen LogP contribution in [0.1, 0.15) is 67.2 Å². The molecule has 2 aliphatic rings. The fourth-order valence-electron chi connectivity index (χ4n) is 3.22. The van der Waals surface area contributed by atoms with Gasteiger partial charge >= 0.3 is 11.9 Å². The molecule has 0 aromatic heterocycles. The van der Waals surface area contributed by atoms with E-state index in [0.29, 0.717) is 13.2 Å². The lowest BCUT2D eigenvalue weighted by molar-refractivity contribution is -0.177. The summed E-state index contributed by atoms with van der Waals surface area (Å²) in [5.74, 6) is -3.11. The Kier molecular flexibility index (Phi) is 7.84. The van der Waals surface area contributed by atoms with Crippen molar-refractivity contribution in [1.29, 1.82) is 0 Å². The van der Waals surface area contributed by atoms with Gasteiger partial charge in [-0.25, -0.2) is 9.59 Å². The molecule has 2 saturated heterocycles. The van der Waals surface area contributed by atoms with Crippen LogP contribution in [0.3, 0.4) is 0 Å². The highest BCUT2D eigenvalue weighted by atomic mass is 16.8. The van der Waals surface area contributed by atoms with E-state index in [-0.39, 0.29) is 0 Å². The van der Waals surface area contributed by atoms with Gasteiger partial charge in [-0.15, -0.1) is 0 Å². The molecule has 28 heavy (non-hydrogen) atoms. The molecule has 162 valence electrons. The van der Waals surface area contributed by atoms with Gasteiger partial charge in [0, 0.05) is 0 Å². The number of rotatable bonds is 9. The highest BCUT2D eigenvalue weighted by Crippen LogP contribution is 2.39. The zero-order valence-corrected chi connectivity index (χ0v) is 17.8. The number of carbonyl (C=O) groups excluding carboxylic acids is 2. The van der Waals surface area contributed by atoms with E-state index in [1.807, 2.05) is 13.8 Å². The molecular formula is C20H34O8. The molecule has 4 atom stereocenters. The van der Waals surface area contributed by atoms with Crippen LogP contribution in [-0.4, -0.2) is 61.1 Å². The van der Waals surface area contributed by atoms with Crippen LogP contribution in [0.25, 0.3) is 0 Å². The van der Waals surface area contributed by atoms with E-state index in [0.717, 1.165) is 25.7 Å². The molecule has 0 saturated carbocycles. The number of hydrogen-bond acceptors (Lipinski definition) is 8. The maximum absolute atomic E-state index is 12.6. The topological polar surface area (TPSA) is 89.5 Å². The van der Waals surface area contributed by atoms with Gasteiger partial charge in [-0.1, -0.05) is 26.7 Å². The molecule has 2 aliphatic heterocycles. The minimum atomic E-state index is -1.02. The molecule has 0 aliphatic carbocycles. The van der Waals surface area contributed by atoms with Crippen molar-refractivity contribution in [3.63, 3.8) is 0 Å². The summed E-state index contributed by atoms with van der Waals surface area (Å²) in [4.78, 5) is 25.2. The maximum atomic E-state index is 12.6. The summed E-state index contributed by atoms with van der Waals surface area (Å²) < 4.78 is 34.1. The van der Waals surface area contributed by atoms with Crippen molar-refractivity contribution in [2.24, 2.45) is 0 Å². The van der Waals surface area contributed by atoms with Gasteiger partial charge < -0.3 is 28.4 Å². The first-order valence-corrected chi connectivity index (χ1v) is 10.1. The lowest BCUT2D eigenvalue weighted by Crippen LogP contribution is -2.48. The van der Waals surface area contributed by atoms with Gasteiger partial charge in [0.2, 0.25) is 0 Å². The summed E-state index contributed by atoms with van der Waals surface area (Å²) in [6, 6.07) is 0. The fraction of sp³-hybridized carbons (Fsp3) is 0.900. The first-order valence-electron chi connectivity index (χ1n) is 10.1. The zero-order valence-electron chi connectivity index (χ0n) is 17.8. The van der Waals surface area contributed by atoms with E-state index < -0.39 is 47.9 Å². The van der Waals surface area contributed by atoms with Crippen LogP contribution in [0.5, 0.6) is 0 Å². The van der Waals surface area contributed by atoms with Crippen molar-refractivity contribution in [2.45, 2.75) is 103 Å². The summed E-state index contributed by atoms with van der Waals surface area (Å²) in [6.45, 7) is 11.4. The minimum absolute atomic E-state index is 0.304. The number of carbonyl (C=O) groups is 2. The van der Waals surface area contributed by atoms with Crippen molar-refractivity contribution in [3.8, 4) is 0 Å². The summed E-state index contributed by atoms with van der Waals surface area (Å²) in [7, 11) is 0. The summed E-state index contributed by atoms with van der Waals surface area (Å²) in [5, 5.41) is 0. The van der Waals surface area contributed by atoms with Gasteiger partial charge in [0.25, 0.3) is 0 Å². The summed E-state index contributed by atoms with van der Waals surface area (Å²) in [6.07, 6.45) is -0.399. The van der Waals surface area contributed by atoms with Crippen LogP contribution in [0, 0.1) is 0 Å². The SMILES string of the molecule is CCCCOC(=O)[C@H]1OC(C)(C)OC1C1OC(C)(C)O[C@H]1C(=O)OCCCC. The van der Waals surface area contributed by atoms with E-state index in [4.69, 9.17) is 28.4 Å². The van der Waals surface area contributed by atoms with E-state index in [1.54, 1.807) is 27.7 Å². The smallest absolute Gasteiger partial charge is 0.338 e. The standard InChI is InChI=1S/C20H34O8/c1-7-9-11-23-17(21)15-13(25-19(3,4)27-15)14-16(28-20(5,6)26-14)18(22)24-12-10-8-2/h13-16H,7-12H2,1-6H3/t13?,14?,15-,16+. The Bertz CT molecular complexity index is 496. The van der Waals surface area contributed by atoms with Gasteiger partial charge in [0.15, 0.2) is 23.8 Å². The third kappa shape index (κ3) is 5.89. The summed E-state index contributed by atoms with van der Waals surface area (Å²) >= 11 is 0. The van der Waals surface area contributed by atoms with Gasteiger partial charge in [0.05, 0.1) is 13.2 Å². The molecule has 0 aromatic carbocycles. The number of ether oxygens (including phenoxy) is 6. The third-order valence-corrected chi connectivity index (χ3v) is 4.53. The van der Waals surface area contributed by atoms with Gasteiger partial charge in [-0.3, -0.25) is 0 Å². The first kappa shape index (κ1) is 23.1. The van der Waals surface area contributed by atoms with Gasteiger partial charge in [-0.2, -0.15) is 0 Å². The average Bonchev–Trinajstić information content (AvgIpc) is 3.10. The molecule has 0 spiro atoms. The van der Waals surface area contributed by atoms with Crippen molar-refractivity contribution in [2.75, 3.05) is 13.2 Å². The fourth-order valence-corrected chi connectivity index (χ4v) is 3.22. The molecule has 0 N–H and O–H groups in total. The van der Waals surface area contributed by atoms with E-state index >= 15 is 0 Å². The quantitative estimate of drug-likeness (QED) is 0.430. The molecule has 0 radical (unpaired) electrons. The Labute approximate surface area is 167 Å². The maximum Gasteiger partial charge on any atom is 0.338 e. The lowest BCUT2D eigenvalue weighted by atomic mass is 10.0. The second-order valence-corrected chi connectivity index (χ2v) is 8.08. The second-order valence-electron chi connectivity index (χ2n) is 8.08. The largest absolute Gasteiger partial charge is 0.464 e.